The molecule has 0 aromatic carbocycles. The molecule has 1 unspecified atom stereocenters. The summed E-state index contributed by atoms with van der Waals surface area (Å²) in [5, 5.41) is 10.3. The molecule has 4 aliphatic carbocycles. The fraction of sp³-hybridized carbons (Fsp3) is 0.933. The molecule has 0 spiro atoms. The summed E-state index contributed by atoms with van der Waals surface area (Å²) in [4.78, 5) is 11.5. The van der Waals surface area contributed by atoms with Gasteiger partial charge in [0.25, 0.3) is 0 Å². The molecule has 20 heavy (non-hydrogen) atoms. The number of hydrogen-bond acceptors (Lipinski definition) is 3. The lowest BCUT2D eigenvalue weighted by Crippen LogP contribution is -2.59. The van der Waals surface area contributed by atoms with E-state index in [0.717, 1.165) is 19.3 Å². The second-order valence-corrected chi connectivity index (χ2v) is 7.03. The van der Waals surface area contributed by atoms with E-state index in [-0.39, 0.29) is 6.61 Å². The van der Waals surface area contributed by atoms with E-state index in [1.807, 2.05) is 0 Å². The zero-order valence-corrected chi connectivity index (χ0v) is 11.8. The number of halogens is 2. The number of aliphatic hydroxyl groups is 1. The molecule has 0 heterocycles. The van der Waals surface area contributed by atoms with Crippen LogP contribution in [0.5, 0.6) is 0 Å². The Hall–Kier alpha value is -0.710. The normalized spacial score (nSPS) is 40.7. The Labute approximate surface area is 117 Å². The maximum Gasteiger partial charge on any atom is 0.379 e. The highest BCUT2D eigenvalue weighted by atomic mass is 19.3. The molecule has 5 heteroatoms. The number of ether oxygens (including phenoxy) is 1. The molecular formula is C15H22F2O3. The molecule has 0 aromatic heterocycles. The van der Waals surface area contributed by atoms with Gasteiger partial charge in [-0.25, -0.2) is 4.79 Å². The first-order chi connectivity index (χ1) is 9.37. The van der Waals surface area contributed by atoms with Crippen molar-refractivity contribution in [3.05, 3.63) is 0 Å². The van der Waals surface area contributed by atoms with Crippen molar-refractivity contribution in [3.8, 4) is 0 Å². The number of esters is 1. The Morgan fingerprint density at radius 2 is 1.70 bits per heavy atom. The maximum absolute atomic E-state index is 14.2. The van der Waals surface area contributed by atoms with Gasteiger partial charge >= 0.3 is 11.9 Å². The van der Waals surface area contributed by atoms with E-state index in [0.29, 0.717) is 37.0 Å². The van der Waals surface area contributed by atoms with Crippen LogP contribution in [0.1, 0.15) is 45.4 Å². The van der Waals surface area contributed by atoms with Crippen LogP contribution in [0.3, 0.4) is 0 Å². The molecular weight excluding hydrogens is 266 g/mol. The molecule has 0 radical (unpaired) electrons. The van der Waals surface area contributed by atoms with Gasteiger partial charge in [-0.3, -0.25) is 0 Å². The molecule has 0 aliphatic heterocycles. The fourth-order valence-electron chi connectivity index (χ4n) is 5.24. The Morgan fingerprint density at radius 1 is 1.25 bits per heavy atom. The summed E-state index contributed by atoms with van der Waals surface area (Å²) in [6.45, 7) is 1.40. The molecule has 4 rings (SSSR count). The van der Waals surface area contributed by atoms with E-state index in [4.69, 9.17) is 0 Å². The third-order valence-electron chi connectivity index (χ3n) is 5.56. The first kappa shape index (κ1) is 14.2. The first-order valence-corrected chi connectivity index (χ1v) is 7.60. The minimum absolute atomic E-state index is 0.0952. The highest BCUT2D eigenvalue weighted by Gasteiger charge is 2.62. The van der Waals surface area contributed by atoms with E-state index < -0.39 is 23.4 Å². The molecule has 114 valence electrons. The highest BCUT2D eigenvalue weighted by Crippen LogP contribution is 2.62. The average molecular weight is 288 g/mol. The summed E-state index contributed by atoms with van der Waals surface area (Å²) in [5.41, 5.74) is -0.773. The lowest BCUT2D eigenvalue weighted by Gasteiger charge is -2.58. The molecule has 4 saturated carbocycles. The molecule has 4 fully saturated rings. The second-order valence-electron chi connectivity index (χ2n) is 7.03. The van der Waals surface area contributed by atoms with Gasteiger partial charge in [0.2, 0.25) is 0 Å². The molecule has 4 aliphatic rings. The smallest absolute Gasteiger partial charge is 0.379 e. The topological polar surface area (TPSA) is 46.5 Å². The number of carbonyl (C=O) groups excluding carboxylic acids is 1. The summed E-state index contributed by atoms with van der Waals surface area (Å²) < 4.78 is 32.8. The van der Waals surface area contributed by atoms with Gasteiger partial charge in [0, 0.05) is 5.41 Å². The van der Waals surface area contributed by atoms with Crippen molar-refractivity contribution in [1.29, 1.82) is 0 Å². The molecule has 0 amide bonds. The van der Waals surface area contributed by atoms with Crippen LogP contribution in [0.15, 0.2) is 0 Å². The van der Waals surface area contributed by atoms with Crippen molar-refractivity contribution >= 4 is 5.97 Å². The van der Waals surface area contributed by atoms with Crippen LogP contribution >= 0.6 is 0 Å². The van der Waals surface area contributed by atoms with Gasteiger partial charge in [0.1, 0.15) is 6.10 Å². The molecule has 0 saturated heterocycles. The van der Waals surface area contributed by atoms with Crippen LogP contribution in [-0.4, -0.2) is 29.7 Å². The van der Waals surface area contributed by atoms with Gasteiger partial charge in [0.15, 0.2) is 0 Å². The number of aliphatic hydroxyl groups excluding tert-OH is 1. The second kappa shape index (κ2) is 4.65. The van der Waals surface area contributed by atoms with E-state index in [1.54, 1.807) is 0 Å². The van der Waals surface area contributed by atoms with Gasteiger partial charge in [-0.15, -0.1) is 0 Å². The van der Waals surface area contributed by atoms with E-state index in [1.165, 1.54) is 6.92 Å². The summed E-state index contributed by atoms with van der Waals surface area (Å²) in [7, 11) is 0. The number of alkyl halides is 2. The summed E-state index contributed by atoms with van der Waals surface area (Å²) in [6, 6.07) is 0. The van der Waals surface area contributed by atoms with E-state index in [9.17, 15) is 18.7 Å². The molecule has 1 N–H and O–H groups in total. The van der Waals surface area contributed by atoms with Gasteiger partial charge in [0.05, 0.1) is 6.61 Å². The predicted molar refractivity (Wildman–Crippen MR) is 68.2 cm³/mol. The van der Waals surface area contributed by atoms with Crippen molar-refractivity contribution in [1.82, 2.24) is 0 Å². The summed E-state index contributed by atoms with van der Waals surface area (Å²) in [5.74, 6) is -4.01. The average Bonchev–Trinajstić information content (AvgIpc) is 2.36. The molecule has 1 atom stereocenters. The van der Waals surface area contributed by atoms with Crippen LogP contribution < -0.4 is 0 Å². The number of carbonyl (C=O) groups is 1. The monoisotopic (exact) mass is 288 g/mol. The number of rotatable bonds is 4. The minimum atomic E-state index is -3.79. The Morgan fingerprint density at radius 3 is 2.10 bits per heavy atom. The van der Waals surface area contributed by atoms with Gasteiger partial charge in [-0.2, -0.15) is 8.78 Å². The Balaban J connectivity index is 1.82. The third kappa shape index (κ3) is 2.05. The summed E-state index contributed by atoms with van der Waals surface area (Å²) >= 11 is 0. The zero-order chi connectivity index (χ0) is 14.5. The maximum atomic E-state index is 14.2. The van der Waals surface area contributed by atoms with Gasteiger partial charge in [-0.05, 0) is 63.2 Å². The van der Waals surface area contributed by atoms with Crippen molar-refractivity contribution < 1.29 is 23.4 Å². The van der Waals surface area contributed by atoms with Crippen LogP contribution in [-0.2, 0) is 9.53 Å². The SMILES string of the molecule is CCOC(=O)C(F)(F)C(O)C12CC3CC(CC(C3)C1)C2. The van der Waals surface area contributed by atoms with Gasteiger partial charge in [-0.1, -0.05) is 0 Å². The molecule has 4 bridgehead atoms. The fourth-order valence-corrected chi connectivity index (χ4v) is 5.24. The van der Waals surface area contributed by atoms with Crippen molar-refractivity contribution in [2.75, 3.05) is 6.61 Å². The predicted octanol–water partition coefficient (Wildman–Crippen LogP) is 2.76. The van der Waals surface area contributed by atoms with Crippen molar-refractivity contribution in [3.63, 3.8) is 0 Å². The Kier molecular flexibility index (Phi) is 3.31. The first-order valence-electron chi connectivity index (χ1n) is 7.60. The molecule has 0 aromatic rings. The van der Waals surface area contributed by atoms with Crippen LogP contribution in [0.2, 0.25) is 0 Å². The van der Waals surface area contributed by atoms with Crippen molar-refractivity contribution in [2.24, 2.45) is 23.2 Å². The lowest BCUT2D eigenvalue weighted by molar-refractivity contribution is -0.224. The quantitative estimate of drug-likeness (QED) is 0.809. The Bertz CT molecular complexity index is 373. The summed E-state index contributed by atoms with van der Waals surface area (Å²) in [6.07, 6.45) is 3.33. The molecule has 3 nitrogen and oxygen atoms in total. The van der Waals surface area contributed by atoms with Crippen LogP contribution in [0.25, 0.3) is 0 Å². The largest absolute Gasteiger partial charge is 0.461 e. The van der Waals surface area contributed by atoms with E-state index in [2.05, 4.69) is 4.74 Å². The standard InChI is InChI=1S/C15H22F2O3/c1-2-20-13(19)15(16,17)12(18)14-6-9-3-10(7-14)5-11(4-9)8-14/h9-12,18H,2-8H2,1H3. The van der Waals surface area contributed by atoms with Gasteiger partial charge < -0.3 is 9.84 Å². The minimum Gasteiger partial charge on any atom is -0.461 e. The van der Waals surface area contributed by atoms with Crippen LogP contribution in [0, 0.1) is 23.2 Å². The number of hydrogen-bond donors (Lipinski definition) is 1. The van der Waals surface area contributed by atoms with E-state index >= 15 is 0 Å². The highest BCUT2D eigenvalue weighted by molar-refractivity contribution is 5.78. The lowest BCUT2D eigenvalue weighted by atomic mass is 9.47. The van der Waals surface area contributed by atoms with Crippen molar-refractivity contribution in [2.45, 2.75) is 57.5 Å². The zero-order valence-electron chi connectivity index (χ0n) is 11.8. The third-order valence-corrected chi connectivity index (χ3v) is 5.56. The van der Waals surface area contributed by atoms with Crippen LogP contribution in [0.4, 0.5) is 8.78 Å².